The van der Waals surface area contributed by atoms with Crippen molar-refractivity contribution in [3.63, 3.8) is 0 Å². The van der Waals surface area contributed by atoms with Gasteiger partial charge in [0.05, 0.1) is 10.6 Å². The zero-order valence-electron chi connectivity index (χ0n) is 10.5. The average molecular weight is 279 g/mol. The third-order valence-corrected chi connectivity index (χ3v) is 3.58. The molecule has 2 heterocycles. The molecule has 1 aliphatic heterocycles. The van der Waals surface area contributed by atoms with Crippen LogP contribution in [0.3, 0.4) is 0 Å². The van der Waals surface area contributed by atoms with Crippen LogP contribution < -0.4 is 10.6 Å². The van der Waals surface area contributed by atoms with E-state index < -0.39 is 0 Å². The summed E-state index contributed by atoms with van der Waals surface area (Å²) < 4.78 is 5.71. The molecule has 0 amide bonds. The van der Waals surface area contributed by atoms with Gasteiger partial charge in [0, 0.05) is 18.8 Å². The number of piperidine rings is 1. The number of anilines is 2. The van der Waals surface area contributed by atoms with Crippen molar-refractivity contribution in [1.29, 1.82) is 0 Å². The van der Waals surface area contributed by atoms with Crippen molar-refractivity contribution < 1.29 is 4.42 Å². The zero-order valence-corrected chi connectivity index (χ0v) is 11.2. The lowest BCUT2D eigenvalue weighted by atomic mass is 10.1. The van der Waals surface area contributed by atoms with Crippen molar-refractivity contribution in [3.8, 4) is 11.5 Å². The van der Waals surface area contributed by atoms with E-state index in [2.05, 4.69) is 15.1 Å². The van der Waals surface area contributed by atoms with Crippen LogP contribution in [0.5, 0.6) is 0 Å². The molecule has 6 heteroatoms. The SMILES string of the molecule is Nc1ccc(-c2nnc(N3CCCCC3)o2)c(Cl)c1. The molecule has 2 aromatic rings. The largest absolute Gasteiger partial charge is 0.403 e. The average Bonchev–Trinajstić information content (AvgIpc) is 2.89. The number of hydrogen-bond donors (Lipinski definition) is 1. The van der Waals surface area contributed by atoms with Gasteiger partial charge in [-0.25, -0.2) is 0 Å². The molecule has 1 saturated heterocycles. The molecule has 1 aliphatic rings. The zero-order chi connectivity index (χ0) is 13.2. The van der Waals surface area contributed by atoms with Crippen LogP contribution in [0.1, 0.15) is 19.3 Å². The molecule has 0 radical (unpaired) electrons. The third-order valence-electron chi connectivity index (χ3n) is 3.26. The number of hydrogen-bond acceptors (Lipinski definition) is 5. The Hall–Kier alpha value is -1.75. The number of benzene rings is 1. The predicted molar refractivity (Wildman–Crippen MR) is 75.2 cm³/mol. The predicted octanol–water partition coefficient (Wildman–Crippen LogP) is 2.96. The van der Waals surface area contributed by atoms with E-state index in [1.54, 1.807) is 18.2 Å². The first-order valence-electron chi connectivity index (χ1n) is 6.38. The molecule has 0 unspecified atom stereocenters. The highest BCUT2D eigenvalue weighted by Gasteiger charge is 2.18. The lowest BCUT2D eigenvalue weighted by Gasteiger charge is -2.24. The Kier molecular flexibility index (Phi) is 3.29. The molecule has 0 spiro atoms. The van der Waals surface area contributed by atoms with Gasteiger partial charge < -0.3 is 15.1 Å². The molecule has 0 aliphatic carbocycles. The first-order chi connectivity index (χ1) is 9.24. The Balaban J connectivity index is 1.87. The Morgan fingerprint density at radius 3 is 2.68 bits per heavy atom. The number of nitrogens with zero attached hydrogens (tertiary/aromatic N) is 3. The fourth-order valence-corrected chi connectivity index (χ4v) is 2.51. The molecule has 1 aromatic carbocycles. The van der Waals surface area contributed by atoms with Crippen molar-refractivity contribution in [1.82, 2.24) is 10.2 Å². The van der Waals surface area contributed by atoms with E-state index in [1.807, 2.05) is 0 Å². The van der Waals surface area contributed by atoms with Crippen LogP contribution in [0.25, 0.3) is 11.5 Å². The van der Waals surface area contributed by atoms with Crippen LogP contribution in [-0.4, -0.2) is 23.3 Å². The molecule has 1 aromatic heterocycles. The molecule has 0 bridgehead atoms. The van der Waals surface area contributed by atoms with E-state index in [0.29, 0.717) is 28.2 Å². The van der Waals surface area contributed by atoms with E-state index in [9.17, 15) is 0 Å². The minimum absolute atomic E-state index is 0.436. The maximum Gasteiger partial charge on any atom is 0.318 e. The van der Waals surface area contributed by atoms with Crippen LogP contribution in [0.15, 0.2) is 22.6 Å². The molecule has 1 fully saturated rings. The Morgan fingerprint density at radius 2 is 1.95 bits per heavy atom. The summed E-state index contributed by atoms with van der Waals surface area (Å²) in [5.74, 6) is 0.436. The van der Waals surface area contributed by atoms with Gasteiger partial charge in [-0.3, -0.25) is 0 Å². The topological polar surface area (TPSA) is 68.2 Å². The number of rotatable bonds is 2. The number of aromatic nitrogens is 2. The van der Waals surface area contributed by atoms with Crippen molar-refractivity contribution in [2.45, 2.75) is 19.3 Å². The van der Waals surface area contributed by atoms with Crippen LogP contribution in [0.2, 0.25) is 5.02 Å². The number of nitrogens with two attached hydrogens (primary N) is 1. The van der Waals surface area contributed by atoms with E-state index in [0.717, 1.165) is 13.1 Å². The van der Waals surface area contributed by atoms with E-state index in [1.165, 1.54) is 19.3 Å². The second kappa shape index (κ2) is 5.09. The highest BCUT2D eigenvalue weighted by Crippen LogP contribution is 2.30. The molecular weight excluding hydrogens is 264 g/mol. The van der Waals surface area contributed by atoms with Crippen molar-refractivity contribution in [2.24, 2.45) is 0 Å². The summed E-state index contributed by atoms with van der Waals surface area (Å²) in [6.45, 7) is 1.94. The maximum atomic E-state index is 6.14. The highest BCUT2D eigenvalue weighted by atomic mass is 35.5. The van der Waals surface area contributed by atoms with Gasteiger partial charge in [0.2, 0.25) is 0 Å². The van der Waals surface area contributed by atoms with Crippen LogP contribution in [0.4, 0.5) is 11.7 Å². The molecular formula is C13H15ClN4O. The van der Waals surface area contributed by atoms with Gasteiger partial charge in [0.1, 0.15) is 0 Å². The van der Waals surface area contributed by atoms with Gasteiger partial charge in [-0.2, -0.15) is 0 Å². The van der Waals surface area contributed by atoms with Gasteiger partial charge in [0.15, 0.2) is 0 Å². The van der Waals surface area contributed by atoms with E-state index in [-0.39, 0.29) is 0 Å². The summed E-state index contributed by atoms with van der Waals surface area (Å²) in [5, 5.41) is 8.69. The molecule has 100 valence electrons. The van der Waals surface area contributed by atoms with E-state index in [4.69, 9.17) is 21.8 Å². The summed E-state index contributed by atoms with van der Waals surface area (Å²) >= 11 is 6.14. The Labute approximate surface area is 116 Å². The molecule has 3 rings (SSSR count). The number of nitrogen functional groups attached to an aromatic ring is 1. The first-order valence-corrected chi connectivity index (χ1v) is 6.76. The molecule has 19 heavy (non-hydrogen) atoms. The molecule has 0 atom stereocenters. The second-order valence-electron chi connectivity index (χ2n) is 4.68. The second-order valence-corrected chi connectivity index (χ2v) is 5.08. The quantitative estimate of drug-likeness (QED) is 0.856. The molecule has 2 N–H and O–H groups in total. The lowest BCUT2D eigenvalue weighted by molar-refractivity contribution is 0.498. The van der Waals surface area contributed by atoms with Gasteiger partial charge in [-0.15, -0.1) is 5.10 Å². The number of halogens is 1. The molecule has 5 nitrogen and oxygen atoms in total. The lowest BCUT2D eigenvalue weighted by Crippen LogP contribution is -2.29. The van der Waals surface area contributed by atoms with Gasteiger partial charge in [-0.1, -0.05) is 16.7 Å². The molecule has 0 saturated carbocycles. The van der Waals surface area contributed by atoms with Crippen molar-refractivity contribution in [3.05, 3.63) is 23.2 Å². The summed E-state index contributed by atoms with van der Waals surface area (Å²) in [6, 6.07) is 5.82. The minimum atomic E-state index is 0.436. The van der Waals surface area contributed by atoms with Crippen molar-refractivity contribution >= 4 is 23.3 Å². The summed E-state index contributed by atoms with van der Waals surface area (Å²) in [5.41, 5.74) is 7.00. The standard InChI is InChI=1S/C13H15ClN4O/c14-11-8-9(15)4-5-10(11)12-16-17-13(19-12)18-6-2-1-3-7-18/h4-5,8H,1-3,6-7,15H2. The Bertz CT molecular complexity index is 578. The van der Waals surface area contributed by atoms with Crippen LogP contribution in [0, 0.1) is 0 Å². The highest BCUT2D eigenvalue weighted by molar-refractivity contribution is 6.33. The normalized spacial score (nSPS) is 15.7. The summed E-state index contributed by atoms with van der Waals surface area (Å²) in [6.07, 6.45) is 3.60. The fraction of sp³-hybridized carbons (Fsp3) is 0.385. The van der Waals surface area contributed by atoms with Crippen molar-refractivity contribution in [2.75, 3.05) is 23.7 Å². The fourth-order valence-electron chi connectivity index (χ4n) is 2.24. The third kappa shape index (κ3) is 2.51. The van der Waals surface area contributed by atoms with Gasteiger partial charge in [0.25, 0.3) is 5.89 Å². The van der Waals surface area contributed by atoms with Gasteiger partial charge in [-0.05, 0) is 37.5 Å². The smallest absolute Gasteiger partial charge is 0.318 e. The van der Waals surface area contributed by atoms with Crippen LogP contribution >= 0.6 is 11.6 Å². The first kappa shape index (κ1) is 12.3. The summed E-state index contributed by atoms with van der Waals surface area (Å²) in [4.78, 5) is 2.12. The summed E-state index contributed by atoms with van der Waals surface area (Å²) in [7, 11) is 0. The van der Waals surface area contributed by atoms with E-state index >= 15 is 0 Å². The maximum absolute atomic E-state index is 6.14. The Morgan fingerprint density at radius 1 is 1.16 bits per heavy atom. The van der Waals surface area contributed by atoms with Gasteiger partial charge >= 0.3 is 6.01 Å². The van der Waals surface area contributed by atoms with Crippen LogP contribution in [-0.2, 0) is 0 Å². The minimum Gasteiger partial charge on any atom is -0.403 e. The monoisotopic (exact) mass is 278 g/mol.